The predicted octanol–water partition coefficient (Wildman–Crippen LogP) is 3.42. The summed E-state index contributed by atoms with van der Waals surface area (Å²) >= 11 is 0. The Kier molecular flexibility index (Phi) is 11.0. The minimum Gasteiger partial charge on any atom is -0.496 e. The molecule has 0 spiro atoms. The van der Waals surface area contributed by atoms with Gasteiger partial charge in [0.15, 0.2) is 17.8 Å². The number of hydrogen-bond donors (Lipinski definition) is 4. The molecule has 3 rings (SSSR count). The Morgan fingerprint density at radius 3 is 2.41 bits per heavy atom. The number of nitrogens with one attached hydrogen (secondary N) is 4. The summed E-state index contributed by atoms with van der Waals surface area (Å²) in [6.07, 6.45) is -3.86. The number of ether oxygens (including phenoxy) is 2. The van der Waals surface area contributed by atoms with E-state index in [9.17, 15) is 37.1 Å². The average molecular weight is 625 g/mol. The van der Waals surface area contributed by atoms with Gasteiger partial charge in [0, 0.05) is 23.4 Å². The third-order valence-corrected chi connectivity index (χ3v) is 7.61. The van der Waals surface area contributed by atoms with Crippen LogP contribution in [0.15, 0.2) is 24.3 Å². The molecule has 2 heterocycles. The van der Waals surface area contributed by atoms with Crippen molar-refractivity contribution in [3.8, 4) is 5.75 Å². The smallest absolute Gasteiger partial charge is 0.404 e. The Morgan fingerprint density at radius 2 is 1.80 bits per heavy atom. The fourth-order valence-electron chi connectivity index (χ4n) is 4.79. The predicted molar refractivity (Wildman–Crippen MR) is 154 cm³/mol. The Bertz CT molecular complexity index is 1390. The number of benzene rings is 1. The molecule has 14 heteroatoms. The maximum Gasteiger partial charge on any atom is 0.404 e. The molecule has 0 unspecified atom stereocenters. The van der Waals surface area contributed by atoms with E-state index >= 15 is 0 Å². The van der Waals surface area contributed by atoms with Gasteiger partial charge in [0.2, 0.25) is 11.8 Å². The van der Waals surface area contributed by atoms with E-state index in [-0.39, 0.29) is 30.4 Å². The SMILES string of the molecule is COc1cccc2[nH]c(C(=O)N[C@@H](CC(C)C)C(=O)N[C@@H](C[C@@H]3CCCNC3=O)C(=O)COC(=O)C(C)(C)C(F)(F)F)cc12. The van der Waals surface area contributed by atoms with Gasteiger partial charge in [-0.2, -0.15) is 13.2 Å². The first-order valence-electron chi connectivity index (χ1n) is 14.4. The zero-order valence-electron chi connectivity index (χ0n) is 25.4. The molecule has 0 saturated carbocycles. The van der Waals surface area contributed by atoms with Gasteiger partial charge < -0.3 is 30.4 Å². The van der Waals surface area contributed by atoms with Crippen LogP contribution in [0.5, 0.6) is 5.75 Å². The van der Waals surface area contributed by atoms with Crippen LogP contribution in [0.3, 0.4) is 0 Å². The number of methoxy groups -OCH3 is 1. The number of carbonyl (C=O) groups excluding carboxylic acids is 5. The van der Waals surface area contributed by atoms with Gasteiger partial charge in [0.05, 0.1) is 13.2 Å². The number of alkyl halides is 3. The summed E-state index contributed by atoms with van der Waals surface area (Å²) in [6, 6.07) is 4.34. The first-order chi connectivity index (χ1) is 20.5. The number of hydrogen-bond acceptors (Lipinski definition) is 7. The molecular weight excluding hydrogens is 585 g/mol. The third kappa shape index (κ3) is 8.29. The molecule has 2 aromatic rings. The summed E-state index contributed by atoms with van der Waals surface area (Å²) in [4.78, 5) is 67.5. The summed E-state index contributed by atoms with van der Waals surface area (Å²) in [5.74, 6) is -4.41. The number of halogens is 3. The van der Waals surface area contributed by atoms with Crippen molar-refractivity contribution >= 4 is 40.4 Å². The quantitative estimate of drug-likeness (QED) is 0.249. The molecule has 11 nitrogen and oxygen atoms in total. The molecule has 1 saturated heterocycles. The van der Waals surface area contributed by atoms with Gasteiger partial charge in [-0.15, -0.1) is 0 Å². The number of rotatable bonds is 13. The van der Waals surface area contributed by atoms with E-state index in [0.717, 1.165) is 0 Å². The normalized spacial score (nSPS) is 17.0. The molecule has 4 N–H and O–H groups in total. The van der Waals surface area contributed by atoms with Gasteiger partial charge in [0.25, 0.3) is 5.91 Å². The van der Waals surface area contributed by atoms with Gasteiger partial charge in [-0.3, -0.25) is 24.0 Å². The van der Waals surface area contributed by atoms with Crippen LogP contribution >= 0.6 is 0 Å². The molecule has 0 bridgehead atoms. The molecule has 3 atom stereocenters. The fourth-order valence-corrected chi connectivity index (χ4v) is 4.79. The zero-order valence-corrected chi connectivity index (χ0v) is 25.4. The van der Waals surface area contributed by atoms with Gasteiger partial charge in [-0.1, -0.05) is 19.9 Å². The molecule has 1 aromatic heterocycles. The number of H-pyrrole nitrogens is 1. The van der Waals surface area contributed by atoms with Crippen LogP contribution in [-0.2, 0) is 23.9 Å². The number of amides is 3. The van der Waals surface area contributed by atoms with Crippen LogP contribution in [0.1, 0.15) is 63.9 Å². The van der Waals surface area contributed by atoms with Crippen molar-refractivity contribution in [3.05, 3.63) is 30.0 Å². The Balaban J connectivity index is 1.80. The average Bonchev–Trinajstić information content (AvgIpc) is 3.40. The maximum atomic E-state index is 13.5. The van der Waals surface area contributed by atoms with Crippen molar-refractivity contribution < 1.29 is 46.6 Å². The van der Waals surface area contributed by atoms with Crippen molar-refractivity contribution in [2.24, 2.45) is 17.3 Å². The lowest BCUT2D eigenvalue weighted by molar-refractivity contribution is -0.224. The van der Waals surface area contributed by atoms with E-state index in [0.29, 0.717) is 49.9 Å². The van der Waals surface area contributed by atoms with E-state index in [1.165, 1.54) is 7.11 Å². The molecule has 0 radical (unpaired) electrons. The summed E-state index contributed by atoms with van der Waals surface area (Å²) in [7, 11) is 1.50. The maximum absolute atomic E-state index is 13.5. The Hall–Kier alpha value is -4.10. The number of aromatic amines is 1. The van der Waals surface area contributed by atoms with Crippen molar-refractivity contribution in [2.75, 3.05) is 20.3 Å². The number of esters is 1. The second-order valence-electron chi connectivity index (χ2n) is 11.9. The van der Waals surface area contributed by atoms with E-state index < -0.39 is 59.8 Å². The van der Waals surface area contributed by atoms with Crippen molar-refractivity contribution in [1.82, 2.24) is 20.9 Å². The molecule has 3 amide bonds. The number of piperidine rings is 1. The summed E-state index contributed by atoms with van der Waals surface area (Å²) in [5, 5.41) is 8.58. The van der Waals surface area contributed by atoms with Crippen LogP contribution in [0.25, 0.3) is 10.9 Å². The Morgan fingerprint density at radius 1 is 1.09 bits per heavy atom. The van der Waals surface area contributed by atoms with Crippen LogP contribution < -0.4 is 20.7 Å². The molecule has 1 aliphatic heterocycles. The van der Waals surface area contributed by atoms with E-state index in [2.05, 4.69) is 20.9 Å². The summed E-state index contributed by atoms with van der Waals surface area (Å²) in [5.41, 5.74) is -2.06. The molecule has 1 fully saturated rings. The number of Topliss-reactive ketones (excluding diaryl/α,β-unsaturated/α-hetero) is 1. The zero-order chi connectivity index (χ0) is 32.8. The molecule has 0 aliphatic carbocycles. The van der Waals surface area contributed by atoms with Crippen molar-refractivity contribution in [2.45, 2.75) is 71.6 Å². The standard InChI is InChI=1S/C30H39F3N4O7/c1-16(2)12-21(37-27(41)22-14-18-19(35-22)9-6-10-24(18)43-5)26(40)36-20(13-17-8-7-11-34-25(17)39)23(38)15-44-28(42)29(3,4)30(31,32)33/h6,9-10,14,16-17,20-21,35H,7-8,11-13,15H2,1-5H3,(H,34,39)(H,36,40)(H,37,41)/t17-,20-,21-/m0/s1. The largest absolute Gasteiger partial charge is 0.496 e. The molecular formula is C30H39F3N4O7. The van der Waals surface area contributed by atoms with Crippen molar-refractivity contribution in [3.63, 3.8) is 0 Å². The number of carbonyl (C=O) groups is 5. The highest BCUT2D eigenvalue weighted by Crippen LogP contribution is 2.38. The number of fused-ring (bicyclic) bond motifs is 1. The molecule has 242 valence electrons. The van der Waals surface area contributed by atoms with Crippen LogP contribution in [0.2, 0.25) is 0 Å². The number of aromatic nitrogens is 1. The topological polar surface area (TPSA) is 156 Å². The lowest BCUT2D eigenvalue weighted by Gasteiger charge is -2.29. The first kappa shape index (κ1) is 34.4. The van der Waals surface area contributed by atoms with E-state index in [1.54, 1.807) is 24.3 Å². The van der Waals surface area contributed by atoms with Gasteiger partial charge in [0.1, 0.15) is 17.5 Å². The van der Waals surface area contributed by atoms with Crippen molar-refractivity contribution in [1.29, 1.82) is 0 Å². The second-order valence-corrected chi connectivity index (χ2v) is 11.9. The van der Waals surface area contributed by atoms with Crippen LogP contribution in [0.4, 0.5) is 13.2 Å². The molecule has 1 aliphatic rings. The highest BCUT2D eigenvalue weighted by molar-refractivity contribution is 6.02. The highest BCUT2D eigenvalue weighted by Gasteiger charge is 2.54. The van der Waals surface area contributed by atoms with Gasteiger partial charge in [-0.05, 0) is 63.6 Å². The first-order valence-corrected chi connectivity index (χ1v) is 14.4. The van der Waals surface area contributed by atoms with Gasteiger partial charge in [-0.25, -0.2) is 0 Å². The molecule has 44 heavy (non-hydrogen) atoms. The second kappa shape index (κ2) is 14.1. The Labute approximate surface area is 253 Å². The lowest BCUT2D eigenvalue weighted by Crippen LogP contribution is -2.54. The summed E-state index contributed by atoms with van der Waals surface area (Å²) < 4.78 is 49.9. The lowest BCUT2D eigenvalue weighted by atomic mass is 9.89. The highest BCUT2D eigenvalue weighted by atomic mass is 19.4. The van der Waals surface area contributed by atoms with Crippen LogP contribution in [0, 0.1) is 17.3 Å². The third-order valence-electron chi connectivity index (χ3n) is 7.61. The van der Waals surface area contributed by atoms with E-state index in [1.807, 2.05) is 13.8 Å². The van der Waals surface area contributed by atoms with E-state index in [4.69, 9.17) is 9.47 Å². The van der Waals surface area contributed by atoms with Gasteiger partial charge >= 0.3 is 12.1 Å². The minimum atomic E-state index is -4.92. The number of ketones is 1. The molecule has 1 aromatic carbocycles. The minimum absolute atomic E-state index is 0.0716. The fraction of sp³-hybridized carbons (Fsp3) is 0.567. The monoisotopic (exact) mass is 624 g/mol. The summed E-state index contributed by atoms with van der Waals surface area (Å²) in [6.45, 7) is 4.33. The van der Waals surface area contributed by atoms with Crippen LogP contribution in [-0.4, -0.2) is 73.0 Å².